The second-order valence-corrected chi connectivity index (χ2v) is 5.34. The smallest absolute Gasteiger partial charge is 0.139 e. The molecular formula is C13H8BrClFN3. The van der Waals surface area contributed by atoms with Gasteiger partial charge in [0.05, 0.1) is 10.6 Å². The molecule has 1 aromatic carbocycles. The number of hydrogen-bond acceptors (Lipinski definition) is 2. The summed E-state index contributed by atoms with van der Waals surface area (Å²) < 4.78 is 16.5. The Hall–Kier alpha value is -1.59. The van der Waals surface area contributed by atoms with E-state index in [1.54, 1.807) is 28.8 Å². The number of imidazole rings is 1. The molecule has 3 nitrogen and oxygen atoms in total. The highest BCUT2D eigenvalue weighted by Crippen LogP contribution is 2.34. The molecule has 0 aliphatic carbocycles. The molecule has 0 saturated carbocycles. The highest BCUT2D eigenvalue weighted by atomic mass is 79.9. The van der Waals surface area contributed by atoms with Gasteiger partial charge in [-0.2, -0.15) is 0 Å². The second-order valence-electron chi connectivity index (χ2n) is 4.02. The SMILES string of the molecule is Nc1c(-c2c(F)cccc2Cl)nc2ccc(Br)cn12. The van der Waals surface area contributed by atoms with Crippen LogP contribution in [0.15, 0.2) is 41.0 Å². The van der Waals surface area contributed by atoms with Crippen LogP contribution in [0.4, 0.5) is 10.2 Å². The van der Waals surface area contributed by atoms with Crippen molar-refractivity contribution in [3.05, 3.63) is 51.8 Å². The third-order valence-corrected chi connectivity index (χ3v) is 3.60. The lowest BCUT2D eigenvalue weighted by Gasteiger charge is -2.03. The average Bonchev–Trinajstić information content (AvgIpc) is 2.67. The molecular weight excluding hydrogens is 333 g/mol. The Balaban J connectivity index is 2.35. The summed E-state index contributed by atoms with van der Waals surface area (Å²) in [5.41, 5.74) is 7.24. The third-order valence-electron chi connectivity index (χ3n) is 2.82. The van der Waals surface area contributed by atoms with Crippen LogP contribution in [0.5, 0.6) is 0 Å². The maximum absolute atomic E-state index is 13.9. The first-order valence-corrected chi connectivity index (χ1v) is 6.62. The molecule has 0 spiro atoms. The summed E-state index contributed by atoms with van der Waals surface area (Å²) in [5, 5.41) is 0.286. The molecule has 0 atom stereocenters. The molecule has 3 aromatic rings. The van der Waals surface area contributed by atoms with E-state index in [-0.39, 0.29) is 10.6 Å². The Labute approximate surface area is 122 Å². The maximum atomic E-state index is 13.9. The van der Waals surface area contributed by atoms with Gasteiger partial charge in [0.1, 0.15) is 23.0 Å². The molecule has 0 unspecified atom stereocenters. The van der Waals surface area contributed by atoms with Crippen LogP contribution in [-0.4, -0.2) is 9.38 Å². The Morgan fingerprint density at radius 1 is 1.26 bits per heavy atom. The van der Waals surface area contributed by atoms with Crippen molar-refractivity contribution in [2.24, 2.45) is 0 Å². The number of aromatic nitrogens is 2. The largest absolute Gasteiger partial charge is 0.383 e. The first kappa shape index (κ1) is 12.4. The molecule has 96 valence electrons. The molecule has 0 amide bonds. The topological polar surface area (TPSA) is 43.3 Å². The Morgan fingerprint density at radius 3 is 2.79 bits per heavy atom. The first-order chi connectivity index (χ1) is 9.08. The van der Waals surface area contributed by atoms with Crippen molar-refractivity contribution in [3.8, 4) is 11.3 Å². The normalized spacial score (nSPS) is 11.1. The Kier molecular flexibility index (Phi) is 2.95. The zero-order chi connectivity index (χ0) is 13.6. The maximum Gasteiger partial charge on any atom is 0.139 e. The highest BCUT2D eigenvalue weighted by Gasteiger charge is 2.17. The average molecular weight is 341 g/mol. The minimum atomic E-state index is -0.443. The molecule has 0 aliphatic rings. The zero-order valence-corrected chi connectivity index (χ0v) is 11.9. The van der Waals surface area contributed by atoms with Crippen LogP contribution < -0.4 is 5.73 Å². The van der Waals surface area contributed by atoms with Gasteiger partial charge in [-0.15, -0.1) is 0 Å². The summed E-state index contributed by atoms with van der Waals surface area (Å²) in [6, 6.07) is 8.12. The van der Waals surface area contributed by atoms with Crippen molar-refractivity contribution in [3.63, 3.8) is 0 Å². The molecule has 0 bridgehead atoms. The fourth-order valence-corrected chi connectivity index (χ4v) is 2.53. The standard InChI is InChI=1S/C13H8BrClFN3/c14-7-4-5-10-18-12(13(17)19(10)6-7)11-8(15)2-1-3-9(11)16/h1-6H,17H2. The minimum Gasteiger partial charge on any atom is -0.383 e. The summed E-state index contributed by atoms with van der Waals surface area (Å²) in [5.74, 6) is -0.0926. The monoisotopic (exact) mass is 339 g/mol. The number of hydrogen-bond donors (Lipinski definition) is 1. The van der Waals surface area contributed by atoms with Crippen LogP contribution >= 0.6 is 27.5 Å². The predicted octanol–water partition coefficient (Wildman–Crippen LogP) is 4.14. The molecule has 2 N–H and O–H groups in total. The van der Waals surface area contributed by atoms with Gasteiger partial charge in [-0.05, 0) is 40.2 Å². The molecule has 2 heterocycles. The van der Waals surface area contributed by atoms with Crippen LogP contribution in [0, 0.1) is 5.82 Å². The van der Waals surface area contributed by atoms with E-state index >= 15 is 0 Å². The second kappa shape index (κ2) is 4.51. The summed E-state index contributed by atoms with van der Waals surface area (Å²) in [6.07, 6.45) is 1.77. The quantitative estimate of drug-likeness (QED) is 0.723. The van der Waals surface area contributed by atoms with E-state index in [0.717, 1.165) is 4.47 Å². The van der Waals surface area contributed by atoms with E-state index in [1.807, 2.05) is 6.07 Å². The van der Waals surface area contributed by atoms with Crippen LogP contribution in [0.2, 0.25) is 5.02 Å². The van der Waals surface area contributed by atoms with E-state index in [2.05, 4.69) is 20.9 Å². The molecule has 2 aromatic heterocycles. The minimum absolute atomic E-state index is 0.224. The third kappa shape index (κ3) is 1.99. The van der Waals surface area contributed by atoms with Gasteiger partial charge in [0.2, 0.25) is 0 Å². The van der Waals surface area contributed by atoms with E-state index in [1.165, 1.54) is 6.07 Å². The van der Waals surface area contributed by atoms with Gasteiger partial charge in [0, 0.05) is 10.7 Å². The first-order valence-electron chi connectivity index (χ1n) is 5.45. The number of nitrogens with zero attached hydrogens (tertiary/aromatic N) is 2. The van der Waals surface area contributed by atoms with E-state index in [9.17, 15) is 4.39 Å². The summed E-state index contributed by atoms with van der Waals surface area (Å²) in [7, 11) is 0. The van der Waals surface area contributed by atoms with Crippen molar-refractivity contribution < 1.29 is 4.39 Å². The molecule has 0 aliphatic heterocycles. The Morgan fingerprint density at radius 2 is 2.05 bits per heavy atom. The fourth-order valence-electron chi connectivity index (χ4n) is 1.94. The number of benzene rings is 1. The van der Waals surface area contributed by atoms with Gasteiger partial charge in [0.25, 0.3) is 0 Å². The van der Waals surface area contributed by atoms with Gasteiger partial charge in [-0.1, -0.05) is 17.7 Å². The van der Waals surface area contributed by atoms with Crippen LogP contribution in [0.1, 0.15) is 0 Å². The van der Waals surface area contributed by atoms with Crippen molar-refractivity contribution in [2.75, 3.05) is 5.73 Å². The number of nitrogen functional groups attached to an aromatic ring is 1. The van der Waals surface area contributed by atoms with Gasteiger partial charge >= 0.3 is 0 Å². The molecule has 0 saturated heterocycles. The number of fused-ring (bicyclic) bond motifs is 1. The summed E-state index contributed by atoms with van der Waals surface area (Å²) in [4.78, 5) is 4.34. The van der Waals surface area contributed by atoms with Crippen LogP contribution in [0.3, 0.4) is 0 Å². The van der Waals surface area contributed by atoms with Gasteiger partial charge in [-0.25, -0.2) is 9.37 Å². The predicted molar refractivity (Wildman–Crippen MR) is 77.7 cm³/mol. The Bertz CT molecular complexity index is 765. The number of rotatable bonds is 1. The number of anilines is 1. The number of halogens is 3. The summed E-state index contributed by atoms with van der Waals surface area (Å²) >= 11 is 9.40. The fraction of sp³-hybridized carbons (Fsp3) is 0. The van der Waals surface area contributed by atoms with Crippen molar-refractivity contribution in [1.82, 2.24) is 9.38 Å². The lowest BCUT2D eigenvalue weighted by molar-refractivity contribution is 0.631. The molecule has 6 heteroatoms. The van der Waals surface area contributed by atoms with Crippen LogP contribution in [-0.2, 0) is 0 Å². The van der Waals surface area contributed by atoms with Crippen molar-refractivity contribution in [2.45, 2.75) is 0 Å². The van der Waals surface area contributed by atoms with E-state index < -0.39 is 5.82 Å². The summed E-state index contributed by atoms with van der Waals surface area (Å²) in [6.45, 7) is 0. The van der Waals surface area contributed by atoms with Crippen molar-refractivity contribution >= 4 is 39.0 Å². The van der Waals surface area contributed by atoms with Gasteiger partial charge in [-0.3, -0.25) is 4.40 Å². The van der Waals surface area contributed by atoms with Crippen LogP contribution in [0.25, 0.3) is 16.9 Å². The molecule has 3 rings (SSSR count). The highest BCUT2D eigenvalue weighted by molar-refractivity contribution is 9.10. The lowest BCUT2D eigenvalue weighted by atomic mass is 10.1. The number of nitrogens with two attached hydrogens (primary N) is 1. The number of pyridine rings is 1. The van der Waals surface area contributed by atoms with E-state index in [0.29, 0.717) is 17.2 Å². The molecule has 19 heavy (non-hydrogen) atoms. The van der Waals surface area contributed by atoms with Gasteiger partial charge in [0.15, 0.2) is 0 Å². The molecule has 0 radical (unpaired) electrons. The zero-order valence-electron chi connectivity index (χ0n) is 9.57. The molecule has 0 fully saturated rings. The van der Waals surface area contributed by atoms with Gasteiger partial charge < -0.3 is 5.73 Å². The lowest BCUT2D eigenvalue weighted by Crippen LogP contribution is -1.95. The van der Waals surface area contributed by atoms with E-state index in [4.69, 9.17) is 17.3 Å². The van der Waals surface area contributed by atoms with Crippen molar-refractivity contribution in [1.29, 1.82) is 0 Å².